The zero-order valence-corrected chi connectivity index (χ0v) is 12.7. The van der Waals surface area contributed by atoms with Crippen LogP contribution in [-0.2, 0) is 6.42 Å². The molecule has 0 spiro atoms. The average Bonchev–Trinajstić information content (AvgIpc) is 2.88. The van der Waals surface area contributed by atoms with Gasteiger partial charge in [0.1, 0.15) is 10.6 Å². The summed E-state index contributed by atoms with van der Waals surface area (Å²) in [6.07, 6.45) is 1.00. The van der Waals surface area contributed by atoms with Gasteiger partial charge in [-0.15, -0.1) is 11.3 Å². The van der Waals surface area contributed by atoms with Crippen molar-refractivity contribution in [2.24, 2.45) is 5.84 Å². The number of fused-ring (bicyclic) bond motifs is 1. The summed E-state index contributed by atoms with van der Waals surface area (Å²) in [5.41, 5.74) is 3.75. The molecule has 5 nitrogen and oxygen atoms in total. The largest absolute Gasteiger partial charge is 0.438 e. The summed E-state index contributed by atoms with van der Waals surface area (Å²) in [6, 6.07) is 10.0. The maximum atomic E-state index is 5.91. The predicted molar refractivity (Wildman–Crippen MR) is 85.9 cm³/mol. The molecule has 0 amide bonds. The fourth-order valence-electron chi connectivity index (χ4n) is 2.06. The lowest BCUT2D eigenvalue weighted by Gasteiger charge is -2.08. The van der Waals surface area contributed by atoms with Crippen LogP contribution in [0, 0.1) is 6.92 Å². The maximum Gasteiger partial charge on any atom is 0.241 e. The van der Waals surface area contributed by atoms with Crippen LogP contribution in [0.15, 0.2) is 30.3 Å². The number of hydrogen-bond donors (Lipinski definition) is 2. The van der Waals surface area contributed by atoms with Gasteiger partial charge in [0.15, 0.2) is 0 Å². The van der Waals surface area contributed by atoms with Gasteiger partial charge in [-0.1, -0.05) is 19.1 Å². The highest BCUT2D eigenvalue weighted by Gasteiger charge is 2.12. The Kier molecular flexibility index (Phi) is 3.72. The molecule has 0 bridgehead atoms. The van der Waals surface area contributed by atoms with Crippen LogP contribution >= 0.6 is 11.3 Å². The van der Waals surface area contributed by atoms with E-state index in [0.29, 0.717) is 11.8 Å². The second-order valence-corrected chi connectivity index (χ2v) is 5.91. The van der Waals surface area contributed by atoms with E-state index >= 15 is 0 Å². The van der Waals surface area contributed by atoms with Gasteiger partial charge in [-0.25, -0.2) is 10.8 Å². The Balaban J connectivity index is 2.01. The SMILES string of the molecule is CCc1ccc(Oc2nc(NN)nc3sc(C)cc23)cc1. The van der Waals surface area contributed by atoms with Crippen LogP contribution in [0.3, 0.4) is 0 Å². The smallest absolute Gasteiger partial charge is 0.241 e. The number of anilines is 1. The molecule has 0 saturated heterocycles. The highest BCUT2D eigenvalue weighted by atomic mass is 32.1. The summed E-state index contributed by atoms with van der Waals surface area (Å²) in [5.74, 6) is 7.04. The zero-order valence-electron chi connectivity index (χ0n) is 11.9. The molecule has 0 unspecified atom stereocenters. The third-order valence-electron chi connectivity index (χ3n) is 3.16. The highest BCUT2D eigenvalue weighted by molar-refractivity contribution is 7.18. The Hall–Kier alpha value is -2.18. The van der Waals surface area contributed by atoms with Gasteiger partial charge in [-0.05, 0) is 37.1 Å². The molecule has 0 atom stereocenters. The van der Waals surface area contributed by atoms with Crippen molar-refractivity contribution in [3.05, 3.63) is 40.8 Å². The minimum absolute atomic E-state index is 0.351. The summed E-state index contributed by atoms with van der Waals surface area (Å²) in [5, 5.41) is 0.899. The van der Waals surface area contributed by atoms with Crippen LogP contribution in [0.2, 0.25) is 0 Å². The summed E-state index contributed by atoms with van der Waals surface area (Å²) < 4.78 is 5.91. The van der Waals surface area contributed by atoms with Crippen LogP contribution in [-0.4, -0.2) is 9.97 Å². The topological polar surface area (TPSA) is 73.1 Å². The van der Waals surface area contributed by atoms with E-state index in [0.717, 1.165) is 27.3 Å². The number of nitrogens with two attached hydrogens (primary N) is 1. The first-order valence-corrected chi connectivity index (χ1v) is 7.53. The second kappa shape index (κ2) is 5.67. The molecule has 0 saturated carbocycles. The normalized spacial score (nSPS) is 10.8. The molecule has 0 radical (unpaired) electrons. The van der Waals surface area contributed by atoms with Crippen molar-refractivity contribution < 1.29 is 4.74 Å². The van der Waals surface area contributed by atoms with E-state index in [4.69, 9.17) is 10.6 Å². The van der Waals surface area contributed by atoms with Crippen molar-refractivity contribution in [2.45, 2.75) is 20.3 Å². The molecular formula is C15H16N4OS. The van der Waals surface area contributed by atoms with E-state index in [-0.39, 0.29) is 0 Å². The minimum Gasteiger partial charge on any atom is -0.438 e. The Morgan fingerprint density at radius 2 is 2.00 bits per heavy atom. The maximum absolute atomic E-state index is 5.91. The molecule has 1 aromatic carbocycles. The van der Waals surface area contributed by atoms with Crippen LogP contribution < -0.4 is 16.0 Å². The van der Waals surface area contributed by atoms with Gasteiger partial charge in [0.05, 0.1) is 5.39 Å². The van der Waals surface area contributed by atoms with E-state index in [1.807, 2.05) is 25.1 Å². The summed E-state index contributed by atoms with van der Waals surface area (Å²) in [6.45, 7) is 4.15. The van der Waals surface area contributed by atoms with Crippen molar-refractivity contribution in [3.8, 4) is 11.6 Å². The van der Waals surface area contributed by atoms with E-state index < -0.39 is 0 Å². The molecule has 0 aliphatic rings. The molecule has 2 heterocycles. The molecule has 0 fully saturated rings. The molecule has 0 aliphatic heterocycles. The van der Waals surface area contributed by atoms with Gasteiger partial charge in [-0.2, -0.15) is 4.98 Å². The summed E-state index contributed by atoms with van der Waals surface area (Å²) in [7, 11) is 0. The number of aryl methyl sites for hydroxylation is 2. The number of hydrogen-bond acceptors (Lipinski definition) is 6. The van der Waals surface area contributed by atoms with Crippen LogP contribution in [0.25, 0.3) is 10.2 Å². The quantitative estimate of drug-likeness (QED) is 0.568. The molecule has 3 rings (SSSR count). The molecule has 3 N–H and O–H groups in total. The number of thiophene rings is 1. The van der Waals surface area contributed by atoms with Gasteiger partial charge in [0.25, 0.3) is 0 Å². The number of nitrogens with zero attached hydrogens (tertiary/aromatic N) is 2. The Labute approximate surface area is 126 Å². The van der Waals surface area contributed by atoms with Gasteiger partial charge in [0, 0.05) is 4.88 Å². The van der Waals surface area contributed by atoms with Crippen molar-refractivity contribution in [2.75, 3.05) is 5.43 Å². The van der Waals surface area contributed by atoms with Crippen molar-refractivity contribution in [1.29, 1.82) is 0 Å². The average molecular weight is 300 g/mol. The molecular weight excluding hydrogens is 284 g/mol. The van der Waals surface area contributed by atoms with Crippen molar-refractivity contribution >= 4 is 27.5 Å². The summed E-state index contributed by atoms with van der Waals surface area (Å²) >= 11 is 1.59. The van der Waals surface area contributed by atoms with Gasteiger partial charge < -0.3 is 4.74 Å². The number of ether oxygens (including phenoxy) is 1. The van der Waals surface area contributed by atoms with Gasteiger partial charge >= 0.3 is 0 Å². The Bertz CT molecular complexity index is 767. The van der Waals surface area contributed by atoms with Gasteiger partial charge in [-0.3, -0.25) is 5.43 Å². The molecule has 6 heteroatoms. The fraction of sp³-hybridized carbons (Fsp3) is 0.200. The number of hydrazine groups is 1. The molecule has 3 aromatic rings. The fourth-order valence-corrected chi connectivity index (χ4v) is 2.93. The number of aromatic nitrogens is 2. The lowest BCUT2D eigenvalue weighted by molar-refractivity contribution is 0.469. The number of nitrogen functional groups attached to an aromatic ring is 1. The molecule has 2 aromatic heterocycles. The monoisotopic (exact) mass is 300 g/mol. The van der Waals surface area contributed by atoms with Crippen LogP contribution in [0.5, 0.6) is 11.6 Å². The van der Waals surface area contributed by atoms with E-state index in [1.54, 1.807) is 11.3 Å². The third kappa shape index (κ3) is 2.81. The third-order valence-corrected chi connectivity index (χ3v) is 4.10. The van der Waals surface area contributed by atoms with E-state index in [1.165, 1.54) is 5.56 Å². The molecule has 108 valence electrons. The Morgan fingerprint density at radius 1 is 1.24 bits per heavy atom. The first-order valence-electron chi connectivity index (χ1n) is 6.71. The van der Waals surface area contributed by atoms with E-state index in [2.05, 4.69) is 34.5 Å². The zero-order chi connectivity index (χ0) is 14.8. The molecule has 21 heavy (non-hydrogen) atoms. The standard InChI is InChI=1S/C15H16N4OS/c1-3-10-4-6-11(7-5-10)20-13-12-8-9(2)21-14(12)18-15(17-13)19-16/h4-8H,3,16H2,1-2H3,(H,17,18,19). The minimum atomic E-state index is 0.351. The van der Waals surface area contributed by atoms with Crippen LogP contribution in [0.4, 0.5) is 5.95 Å². The lowest BCUT2D eigenvalue weighted by Crippen LogP contribution is -2.10. The number of nitrogens with one attached hydrogen (secondary N) is 1. The van der Waals surface area contributed by atoms with Crippen molar-refractivity contribution in [1.82, 2.24) is 9.97 Å². The Morgan fingerprint density at radius 3 is 2.67 bits per heavy atom. The van der Waals surface area contributed by atoms with Gasteiger partial charge in [0.2, 0.25) is 11.8 Å². The number of benzene rings is 1. The summed E-state index contributed by atoms with van der Waals surface area (Å²) in [4.78, 5) is 10.7. The second-order valence-electron chi connectivity index (χ2n) is 4.67. The number of rotatable bonds is 4. The van der Waals surface area contributed by atoms with Crippen LogP contribution in [0.1, 0.15) is 17.4 Å². The first-order chi connectivity index (χ1) is 10.2. The highest BCUT2D eigenvalue weighted by Crippen LogP contribution is 2.33. The van der Waals surface area contributed by atoms with E-state index in [9.17, 15) is 0 Å². The first kappa shape index (κ1) is 13.8. The predicted octanol–water partition coefficient (Wildman–Crippen LogP) is 3.64. The molecule has 0 aliphatic carbocycles. The lowest BCUT2D eigenvalue weighted by atomic mass is 10.2. The van der Waals surface area contributed by atoms with Crippen molar-refractivity contribution in [3.63, 3.8) is 0 Å².